The molecule has 3 nitrogen and oxygen atoms in total. The number of aliphatic hydroxyl groups is 1. The summed E-state index contributed by atoms with van der Waals surface area (Å²) in [5, 5.41) is 15.1. The Balaban J connectivity index is 1.94. The van der Waals surface area contributed by atoms with E-state index < -0.39 is 12.1 Å². The fraction of sp³-hybridized carbons (Fsp3) is 0.167. The lowest BCUT2D eigenvalue weighted by atomic mass is 10.0. The molecule has 142 valence electrons. The van der Waals surface area contributed by atoms with Gasteiger partial charge in [0.2, 0.25) is 0 Å². The highest BCUT2D eigenvalue weighted by Gasteiger charge is 2.25. The molecule has 1 heterocycles. The molecular formula is C24H23FN2O. The first-order valence-electron chi connectivity index (χ1n) is 9.42. The molecule has 4 rings (SSSR count). The normalized spacial score (nSPS) is 13.5. The Hall–Kier alpha value is -2.95. The maximum atomic E-state index is 14.0. The minimum absolute atomic E-state index is 0.307. The van der Waals surface area contributed by atoms with Crippen LogP contribution in [-0.2, 0) is 0 Å². The van der Waals surface area contributed by atoms with Crippen molar-refractivity contribution >= 4 is 10.9 Å². The second kappa shape index (κ2) is 7.97. The van der Waals surface area contributed by atoms with Gasteiger partial charge in [0.05, 0.1) is 12.1 Å². The highest BCUT2D eigenvalue weighted by Crippen LogP contribution is 2.35. The fourth-order valence-corrected chi connectivity index (χ4v) is 3.86. The van der Waals surface area contributed by atoms with Crippen LogP contribution in [0.15, 0.2) is 85.1 Å². The molecule has 0 spiro atoms. The van der Waals surface area contributed by atoms with Crippen LogP contribution in [0.2, 0.25) is 0 Å². The number of halogens is 1. The minimum Gasteiger partial charge on any atom is -0.389 e. The largest absolute Gasteiger partial charge is 0.389 e. The molecule has 0 aliphatic heterocycles. The Labute approximate surface area is 164 Å². The predicted molar refractivity (Wildman–Crippen MR) is 112 cm³/mol. The van der Waals surface area contributed by atoms with E-state index in [4.69, 9.17) is 0 Å². The van der Waals surface area contributed by atoms with E-state index in [9.17, 15) is 9.50 Å². The quantitative estimate of drug-likeness (QED) is 0.517. The third-order valence-corrected chi connectivity index (χ3v) is 5.09. The molecule has 2 N–H and O–H groups in total. The van der Waals surface area contributed by atoms with Crippen LogP contribution in [-0.4, -0.2) is 29.4 Å². The van der Waals surface area contributed by atoms with E-state index in [2.05, 4.69) is 34.3 Å². The van der Waals surface area contributed by atoms with E-state index >= 15 is 0 Å². The van der Waals surface area contributed by atoms with E-state index in [0.717, 1.165) is 27.6 Å². The van der Waals surface area contributed by atoms with Crippen molar-refractivity contribution in [1.82, 2.24) is 9.88 Å². The maximum Gasteiger partial charge on any atom is 0.123 e. The monoisotopic (exact) mass is 374 g/mol. The van der Waals surface area contributed by atoms with E-state index in [0.29, 0.717) is 6.54 Å². The van der Waals surface area contributed by atoms with Crippen molar-refractivity contribution in [3.63, 3.8) is 0 Å². The van der Waals surface area contributed by atoms with Gasteiger partial charge >= 0.3 is 0 Å². The van der Waals surface area contributed by atoms with Gasteiger partial charge < -0.3 is 15.0 Å². The molecule has 0 bridgehead atoms. The summed E-state index contributed by atoms with van der Waals surface area (Å²) in [5.41, 5.74) is 3.95. The van der Waals surface area contributed by atoms with Gasteiger partial charge in [-0.3, -0.25) is 0 Å². The standard InChI is InChI=1S/C24H23FN2O/c1-26-15-23(28)24(18-10-7-11-19(25)14-18)27-16-21(17-8-3-2-4-9-17)20-12-5-6-13-22(20)27/h2-14,16,23-24,26,28H,15H2,1H3. The molecular weight excluding hydrogens is 351 g/mol. The summed E-state index contributed by atoms with van der Waals surface area (Å²) in [5.74, 6) is -0.307. The fourth-order valence-electron chi connectivity index (χ4n) is 3.86. The van der Waals surface area contributed by atoms with Crippen LogP contribution < -0.4 is 5.32 Å². The maximum absolute atomic E-state index is 14.0. The topological polar surface area (TPSA) is 37.2 Å². The van der Waals surface area contributed by atoms with Crippen molar-refractivity contribution in [2.45, 2.75) is 12.1 Å². The molecule has 0 aliphatic carbocycles. The molecule has 4 aromatic rings. The van der Waals surface area contributed by atoms with E-state index in [1.54, 1.807) is 13.1 Å². The number of hydrogen-bond donors (Lipinski definition) is 2. The third kappa shape index (κ3) is 3.44. The molecule has 0 saturated carbocycles. The van der Waals surface area contributed by atoms with Gasteiger partial charge in [-0.25, -0.2) is 4.39 Å². The van der Waals surface area contributed by atoms with Crippen LogP contribution in [0.1, 0.15) is 11.6 Å². The summed E-state index contributed by atoms with van der Waals surface area (Å²) in [4.78, 5) is 0. The van der Waals surface area contributed by atoms with Crippen molar-refractivity contribution in [3.8, 4) is 11.1 Å². The average Bonchev–Trinajstić information content (AvgIpc) is 3.09. The number of aromatic nitrogens is 1. The second-order valence-corrected chi connectivity index (χ2v) is 6.96. The SMILES string of the molecule is CNCC(O)C(c1cccc(F)c1)n1cc(-c2ccccc2)c2ccccc21. The van der Waals surface area contributed by atoms with Crippen molar-refractivity contribution < 1.29 is 9.50 Å². The number of aliphatic hydroxyl groups excluding tert-OH is 1. The van der Waals surface area contributed by atoms with Crippen molar-refractivity contribution in [2.75, 3.05) is 13.6 Å². The van der Waals surface area contributed by atoms with E-state index in [-0.39, 0.29) is 5.82 Å². The average molecular weight is 374 g/mol. The highest BCUT2D eigenvalue weighted by atomic mass is 19.1. The molecule has 2 atom stereocenters. The third-order valence-electron chi connectivity index (χ3n) is 5.09. The van der Waals surface area contributed by atoms with Crippen molar-refractivity contribution in [1.29, 1.82) is 0 Å². The van der Waals surface area contributed by atoms with E-state index in [1.165, 1.54) is 12.1 Å². The first kappa shape index (κ1) is 18.4. The smallest absolute Gasteiger partial charge is 0.123 e. The highest BCUT2D eigenvalue weighted by molar-refractivity contribution is 5.96. The molecule has 0 saturated heterocycles. The van der Waals surface area contributed by atoms with Gasteiger partial charge in [-0.15, -0.1) is 0 Å². The summed E-state index contributed by atoms with van der Waals surface area (Å²) < 4.78 is 16.0. The molecule has 0 aliphatic rings. The lowest BCUT2D eigenvalue weighted by Gasteiger charge is -2.26. The van der Waals surface area contributed by atoms with Crippen LogP contribution >= 0.6 is 0 Å². The van der Waals surface area contributed by atoms with Crippen LogP contribution in [0.25, 0.3) is 22.0 Å². The summed E-state index contributed by atoms with van der Waals surface area (Å²) in [6, 6.07) is 24.4. The van der Waals surface area contributed by atoms with Crippen LogP contribution in [0, 0.1) is 5.82 Å². The molecule has 0 radical (unpaired) electrons. The zero-order valence-electron chi connectivity index (χ0n) is 15.7. The van der Waals surface area contributed by atoms with Gasteiger partial charge in [0.15, 0.2) is 0 Å². The first-order valence-corrected chi connectivity index (χ1v) is 9.42. The van der Waals surface area contributed by atoms with Crippen LogP contribution in [0.3, 0.4) is 0 Å². The number of hydrogen-bond acceptors (Lipinski definition) is 2. The lowest BCUT2D eigenvalue weighted by molar-refractivity contribution is 0.132. The predicted octanol–water partition coefficient (Wildman–Crippen LogP) is 4.62. The zero-order valence-corrected chi connectivity index (χ0v) is 15.7. The van der Waals surface area contributed by atoms with Gasteiger partial charge in [0.25, 0.3) is 0 Å². The molecule has 1 aromatic heterocycles. The Morgan fingerprint density at radius 1 is 0.964 bits per heavy atom. The summed E-state index contributed by atoms with van der Waals surface area (Å²) >= 11 is 0. The second-order valence-electron chi connectivity index (χ2n) is 6.96. The number of likely N-dealkylation sites (N-methyl/N-ethyl adjacent to an activating group) is 1. The summed E-state index contributed by atoms with van der Waals surface area (Å²) in [6.07, 6.45) is 1.35. The van der Waals surface area contributed by atoms with Crippen LogP contribution in [0.5, 0.6) is 0 Å². The molecule has 4 heteroatoms. The Kier molecular flexibility index (Phi) is 5.24. The van der Waals surface area contributed by atoms with Crippen molar-refractivity contribution in [2.24, 2.45) is 0 Å². The van der Waals surface area contributed by atoms with Crippen molar-refractivity contribution in [3.05, 3.63) is 96.4 Å². The van der Waals surface area contributed by atoms with E-state index in [1.807, 2.05) is 42.5 Å². The Morgan fingerprint density at radius 2 is 1.71 bits per heavy atom. The van der Waals surface area contributed by atoms with Gasteiger partial charge in [-0.1, -0.05) is 60.7 Å². The number of para-hydroxylation sites is 1. The molecule has 3 aromatic carbocycles. The molecule has 2 unspecified atom stereocenters. The first-order chi connectivity index (χ1) is 13.7. The Bertz CT molecular complexity index is 1070. The number of benzene rings is 3. The number of fused-ring (bicyclic) bond motifs is 1. The Morgan fingerprint density at radius 3 is 2.46 bits per heavy atom. The van der Waals surface area contributed by atoms with Gasteiger partial charge in [0.1, 0.15) is 5.82 Å². The summed E-state index contributed by atoms with van der Waals surface area (Å²) in [6.45, 7) is 0.397. The lowest BCUT2D eigenvalue weighted by Crippen LogP contribution is -2.33. The van der Waals surface area contributed by atoms with Gasteiger partial charge in [0, 0.05) is 29.2 Å². The molecule has 28 heavy (non-hydrogen) atoms. The minimum atomic E-state index is -0.716. The van der Waals surface area contributed by atoms with Crippen LogP contribution in [0.4, 0.5) is 4.39 Å². The number of nitrogens with zero attached hydrogens (tertiary/aromatic N) is 1. The molecule has 0 amide bonds. The summed E-state index contributed by atoms with van der Waals surface area (Å²) in [7, 11) is 1.80. The zero-order chi connectivity index (χ0) is 19.5. The van der Waals surface area contributed by atoms with Gasteiger partial charge in [-0.05, 0) is 36.4 Å². The number of nitrogens with one attached hydrogen (secondary N) is 1. The molecule has 0 fully saturated rings. The van der Waals surface area contributed by atoms with Gasteiger partial charge in [-0.2, -0.15) is 0 Å². The number of rotatable bonds is 6.